The van der Waals surface area contributed by atoms with Gasteiger partial charge in [-0.25, -0.2) is 15.0 Å². The van der Waals surface area contributed by atoms with E-state index in [4.69, 9.17) is 0 Å². The van der Waals surface area contributed by atoms with Gasteiger partial charge in [0.05, 0.1) is 28.8 Å². The molecule has 5 rings (SSSR count). The van der Waals surface area contributed by atoms with Crippen molar-refractivity contribution in [3.05, 3.63) is 34.0 Å². The minimum absolute atomic E-state index is 0.203. The monoisotopic (exact) mass is 466 g/mol. The van der Waals surface area contributed by atoms with Crippen molar-refractivity contribution in [3.8, 4) is 11.8 Å². The Bertz CT molecular complexity index is 1290. The average Bonchev–Trinajstić information content (AvgIpc) is 3.06. The summed E-state index contributed by atoms with van der Waals surface area (Å²) in [5.41, 5.74) is 0.123. The summed E-state index contributed by atoms with van der Waals surface area (Å²) in [4.78, 5) is 28.4. The highest BCUT2D eigenvalue weighted by Crippen LogP contribution is 2.67. The van der Waals surface area contributed by atoms with Gasteiger partial charge in [-0.1, -0.05) is 6.92 Å². The highest BCUT2D eigenvalue weighted by molar-refractivity contribution is 7.12. The van der Waals surface area contributed by atoms with Gasteiger partial charge < -0.3 is 25.4 Å². The molecular formula is C23H26N6O3S. The predicted molar refractivity (Wildman–Crippen MR) is 125 cm³/mol. The molecule has 5 atom stereocenters. The SMILES string of the molecule is CCCNc1nc(C#Cc2ccc(C)s2)nc2c1ncn2[C@@H]1C2CC2(C(=O)NC)[C@@H](O)[C@H]1O. The Morgan fingerprint density at radius 2 is 2.15 bits per heavy atom. The molecule has 9 nitrogen and oxygen atoms in total. The predicted octanol–water partition coefficient (Wildman–Crippen LogP) is 1.45. The van der Waals surface area contributed by atoms with Crippen LogP contribution in [0.1, 0.15) is 41.4 Å². The van der Waals surface area contributed by atoms with Crippen LogP contribution in [0, 0.1) is 30.1 Å². The number of carbonyl (C=O) groups is 1. The molecule has 2 saturated carbocycles. The van der Waals surface area contributed by atoms with Gasteiger partial charge in [-0.05, 0) is 43.7 Å². The molecule has 0 saturated heterocycles. The van der Waals surface area contributed by atoms with Crippen LogP contribution in [0.5, 0.6) is 0 Å². The van der Waals surface area contributed by atoms with Crippen molar-refractivity contribution < 1.29 is 15.0 Å². The summed E-state index contributed by atoms with van der Waals surface area (Å²) in [5, 5.41) is 27.5. The van der Waals surface area contributed by atoms with Gasteiger partial charge >= 0.3 is 0 Å². The Hall–Kier alpha value is -3.00. The Kier molecular flexibility index (Phi) is 5.35. The zero-order valence-electron chi connectivity index (χ0n) is 18.7. The maximum atomic E-state index is 12.5. The number of aromatic nitrogens is 4. The highest BCUT2D eigenvalue weighted by atomic mass is 32.1. The topological polar surface area (TPSA) is 125 Å². The quantitative estimate of drug-likeness (QED) is 0.420. The van der Waals surface area contributed by atoms with E-state index in [1.165, 1.54) is 4.88 Å². The standard InChI is InChI=1S/C23H26N6O3S/c1-4-9-25-20-16-21(28-15(27-20)8-7-13-6-5-12(2)33-13)29(11-26-16)17-14-10-23(14,22(32)24-3)19(31)18(17)30/h5-6,11,14,17-19,30-31H,4,9-10H2,1-3H3,(H,24,32)(H,25,27,28)/t14?,17-,18+,19+,23?/m1/s1. The number of fused-ring (bicyclic) bond motifs is 2. The summed E-state index contributed by atoms with van der Waals surface area (Å²) in [6.07, 6.45) is 0.766. The van der Waals surface area contributed by atoms with Gasteiger partial charge in [-0.15, -0.1) is 11.3 Å². The largest absolute Gasteiger partial charge is 0.389 e. The molecule has 172 valence electrons. The Morgan fingerprint density at radius 3 is 2.85 bits per heavy atom. The molecule has 2 fully saturated rings. The minimum atomic E-state index is -1.15. The van der Waals surface area contributed by atoms with Crippen LogP contribution in [0.4, 0.5) is 5.82 Å². The van der Waals surface area contributed by atoms with Crippen molar-refractivity contribution in [1.82, 2.24) is 24.8 Å². The molecular weight excluding hydrogens is 440 g/mol. The van der Waals surface area contributed by atoms with Crippen molar-refractivity contribution in [2.45, 2.75) is 44.9 Å². The van der Waals surface area contributed by atoms with Crippen LogP contribution < -0.4 is 10.6 Å². The van der Waals surface area contributed by atoms with Crippen LogP contribution in [0.15, 0.2) is 18.5 Å². The first kappa shape index (κ1) is 21.8. The number of thiophene rings is 1. The van der Waals surface area contributed by atoms with Crippen molar-refractivity contribution in [2.75, 3.05) is 18.9 Å². The van der Waals surface area contributed by atoms with Gasteiger partial charge in [0.2, 0.25) is 11.7 Å². The third-order valence-electron chi connectivity index (χ3n) is 6.65. The van der Waals surface area contributed by atoms with E-state index in [1.54, 1.807) is 29.3 Å². The van der Waals surface area contributed by atoms with Crippen LogP contribution in [-0.4, -0.2) is 61.4 Å². The molecule has 0 radical (unpaired) electrons. The third-order valence-corrected chi connectivity index (χ3v) is 7.56. The number of rotatable bonds is 5. The fourth-order valence-corrected chi connectivity index (χ4v) is 5.68. The number of nitrogens with zero attached hydrogens (tertiary/aromatic N) is 4. The van der Waals surface area contributed by atoms with E-state index in [1.807, 2.05) is 19.1 Å². The minimum Gasteiger partial charge on any atom is -0.389 e. The second-order valence-corrected chi connectivity index (χ2v) is 9.95. The maximum absolute atomic E-state index is 12.5. The van der Waals surface area contributed by atoms with Gasteiger partial charge in [0.1, 0.15) is 6.10 Å². The zero-order valence-corrected chi connectivity index (χ0v) is 19.5. The van der Waals surface area contributed by atoms with Crippen LogP contribution in [0.2, 0.25) is 0 Å². The van der Waals surface area contributed by atoms with E-state index >= 15 is 0 Å². The Morgan fingerprint density at radius 1 is 1.33 bits per heavy atom. The van der Waals surface area contributed by atoms with Crippen molar-refractivity contribution in [3.63, 3.8) is 0 Å². The Labute approximate surface area is 195 Å². The van der Waals surface area contributed by atoms with Crippen LogP contribution in [0.25, 0.3) is 11.2 Å². The van der Waals surface area contributed by atoms with Crippen LogP contribution in [-0.2, 0) is 4.79 Å². The molecule has 3 heterocycles. The first-order valence-electron chi connectivity index (χ1n) is 11.1. The number of imidazole rings is 1. The summed E-state index contributed by atoms with van der Waals surface area (Å²) >= 11 is 1.60. The highest BCUT2D eigenvalue weighted by Gasteiger charge is 2.75. The number of nitrogens with one attached hydrogen (secondary N) is 2. The van der Waals surface area contributed by atoms with E-state index in [9.17, 15) is 15.0 Å². The number of hydrogen-bond donors (Lipinski definition) is 4. The molecule has 2 unspecified atom stereocenters. The van der Waals surface area contributed by atoms with Gasteiger partial charge in [0.25, 0.3) is 0 Å². The number of hydrogen-bond acceptors (Lipinski definition) is 8. The lowest BCUT2D eigenvalue weighted by molar-refractivity contribution is -0.132. The van der Waals surface area contributed by atoms with Crippen molar-refractivity contribution in [1.29, 1.82) is 0 Å². The molecule has 0 bridgehead atoms. The summed E-state index contributed by atoms with van der Waals surface area (Å²) < 4.78 is 1.77. The number of anilines is 1. The molecule has 0 spiro atoms. The fourth-order valence-electron chi connectivity index (χ4n) is 4.96. The van der Waals surface area contributed by atoms with Crippen LogP contribution in [0.3, 0.4) is 0 Å². The van der Waals surface area contributed by atoms with Crippen molar-refractivity contribution in [2.24, 2.45) is 11.3 Å². The molecule has 2 aliphatic carbocycles. The van der Waals surface area contributed by atoms with E-state index in [-0.39, 0.29) is 11.8 Å². The molecule has 10 heteroatoms. The summed E-state index contributed by atoms with van der Waals surface area (Å²) in [6, 6.07) is 3.47. The molecule has 1 amide bonds. The number of aryl methyl sites for hydroxylation is 1. The molecule has 3 aromatic heterocycles. The summed E-state index contributed by atoms with van der Waals surface area (Å²) in [6.45, 7) is 4.80. The third kappa shape index (κ3) is 3.39. The molecule has 2 aliphatic rings. The molecule has 0 aliphatic heterocycles. The zero-order chi connectivity index (χ0) is 23.3. The fraction of sp³-hybridized carbons (Fsp3) is 0.478. The van der Waals surface area contributed by atoms with Gasteiger partial charge in [-0.3, -0.25) is 4.79 Å². The summed E-state index contributed by atoms with van der Waals surface area (Å²) in [5.74, 6) is 6.64. The van der Waals surface area contributed by atoms with Crippen molar-refractivity contribution >= 4 is 34.2 Å². The lowest BCUT2D eigenvalue weighted by Crippen LogP contribution is -2.41. The molecule has 4 N–H and O–H groups in total. The molecule has 0 aromatic carbocycles. The summed E-state index contributed by atoms with van der Waals surface area (Å²) in [7, 11) is 1.55. The second kappa shape index (κ2) is 8.09. The first-order valence-corrected chi connectivity index (χ1v) is 11.9. The normalized spacial score (nSPS) is 27.7. The second-order valence-electron chi connectivity index (χ2n) is 8.66. The van der Waals surface area contributed by atoms with E-state index < -0.39 is 23.7 Å². The molecule has 3 aromatic rings. The number of carbonyl (C=O) groups excluding carboxylic acids is 1. The number of amides is 1. The van der Waals surface area contributed by atoms with E-state index in [2.05, 4.69) is 44.4 Å². The van der Waals surface area contributed by atoms with E-state index in [0.29, 0.717) is 35.8 Å². The molecule has 33 heavy (non-hydrogen) atoms. The smallest absolute Gasteiger partial charge is 0.229 e. The van der Waals surface area contributed by atoms with Gasteiger partial charge in [-0.2, -0.15) is 0 Å². The lowest BCUT2D eigenvalue weighted by Gasteiger charge is -2.23. The first-order chi connectivity index (χ1) is 15.9. The number of aliphatic hydroxyl groups is 2. The Balaban J connectivity index is 1.58. The average molecular weight is 467 g/mol. The maximum Gasteiger partial charge on any atom is 0.229 e. The number of aliphatic hydroxyl groups excluding tert-OH is 2. The van der Waals surface area contributed by atoms with Gasteiger partial charge in [0.15, 0.2) is 17.0 Å². The lowest BCUT2D eigenvalue weighted by atomic mass is 9.98. The van der Waals surface area contributed by atoms with Crippen LogP contribution >= 0.6 is 11.3 Å². The van der Waals surface area contributed by atoms with Gasteiger partial charge in [0, 0.05) is 24.4 Å². The van der Waals surface area contributed by atoms with E-state index in [0.717, 1.165) is 11.3 Å².